The van der Waals surface area contributed by atoms with E-state index in [1.807, 2.05) is 12.1 Å². The second kappa shape index (κ2) is 7.44. The summed E-state index contributed by atoms with van der Waals surface area (Å²) in [4.78, 5) is 25.7. The standard InChI is InChI=1S/C21H22N2O3/c1-14(2)12-13-23-17-11-7-6-10-16(17)19(24)18(21(23)26)20(25)22-15-8-4-3-5-9-15/h3-11,14,24H,12-13H2,1-2H3,(H,22,25). The Labute approximate surface area is 151 Å². The van der Waals surface area contributed by atoms with Crippen molar-refractivity contribution in [3.8, 4) is 5.75 Å². The third-order valence-corrected chi connectivity index (χ3v) is 4.33. The predicted molar refractivity (Wildman–Crippen MR) is 104 cm³/mol. The monoisotopic (exact) mass is 350 g/mol. The van der Waals surface area contributed by atoms with Crippen molar-refractivity contribution in [3.05, 3.63) is 70.5 Å². The van der Waals surface area contributed by atoms with E-state index < -0.39 is 11.5 Å². The van der Waals surface area contributed by atoms with Gasteiger partial charge in [0.05, 0.1) is 5.52 Å². The maximum atomic E-state index is 13.0. The molecule has 26 heavy (non-hydrogen) atoms. The van der Waals surface area contributed by atoms with E-state index in [0.717, 1.165) is 6.42 Å². The third kappa shape index (κ3) is 3.47. The van der Waals surface area contributed by atoms with Crippen LogP contribution in [0.4, 0.5) is 5.69 Å². The molecule has 2 N–H and O–H groups in total. The van der Waals surface area contributed by atoms with E-state index in [0.29, 0.717) is 29.1 Å². The fourth-order valence-electron chi connectivity index (χ4n) is 2.92. The number of aromatic hydroxyl groups is 1. The van der Waals surface area contributed by atoms with E-state index in [1.165, 1.54) is 0 Å². The molecule has 5 heteroatoms. The molecule has 3 aromatic rings. The van der Waals surface area contributed by atoms with Crippen molar-refractivity contribution in [2.24, 2.45) is 5.92 Å². The van der Waals surface area contributed by atoms with Gasteiger partial charge in [-0.05, 0) is 36.6 Å². The highest BCUT2D eigenvalue weighted by atomic mass is 16.3. The highest BCUT2D eigenvalue weighted by Gasteiger charge is 2.22. The van der Waals surface area contributed by atoms with Crippen molar-refractivity contribution in [1.82, 2.24) is 4.57 Å². The topological polar surface area (TPSA) is 71.3 Å². The number of carbonyl (C=O) groups excluding carboxylic acids is 1. The van der Waals surface area contributed by atoms with Gasteiger partial charge >= 0.3 is 0 Å². The molecular formula is C21H22N2O3. The van der Waals surface area contributed by atoms with Gasteiger partial charge in [-0.3, -0.25) is 9.59 Å². The molecule has 0 radical (unpaired) electrons. The maximum Gasteiger partial charge on any atom is 0.267 e. The molecule has 0 saturated heterocycles. The first-order valence-electron chi connectivity index (χ1n) is 8.70. The fraction of sp³-hybridized carbons (Fsp3) is 0.238. The van der Waals surface area contributed by atoms with Gasteiger partial charge in [0.15, 0.2) is 0 Å². The number of rotatable bonds is 5. The summed E-state index contributed by atoms with van der Waals surface area (Å²) in [7, 11) is 0. The third-order valence-electron chi connectivity index (χ3n) is 4.33. The molecule has 0 spiro atoms. The van der Waals surface area contributed by atoms with Gasteiger partial charge in [-0.15, -0.1) is 0 Å². The Morgan fingerprint density at radius 2 is 1.73 bits per heavy atom. The van der Waals surface area contributed by atoms with Crippen LogP contribution in [0.2, 0.25) is 0 Å². The molecule has 0 saturated carbocycles. The molecule has 0 fully saturated rings. The Hall–Kier alpha value is -3.08. The quantitative estimate of drug-likeness (QED) is 0.730. The zero-order valence-electron chi connectivity index (χ0n) is 14.9. The van der Waals surface area contributed by atoms with Gasteiger partial charge in [-0.1, -0.05) is 44.2 Å². The lowest BCUT2D eigenvalue weighted by Gasteiger charge is -2.16. The van der Waals surface area contributed by atoms with Crippen LogP contribution in [0.15, 0.2) is 59.4 Å². The summed E-state index contributed by atoms with van der Waals surface area (Å²) in [5, 5.41) is 13.8. The van der Waals surface area contributed by atoms with Gasteiger partial charge in [-0.2, -0.15) is 0 Å². The van der Waals surface area contributed by atoms with Gasteiger partial charge in [0, 0.05) is 17.6 Å². The molecule has 5 nitrogen and oxygen atoms in total. The number of pyridine rings is 1. The first kappa shape index (κ1) is 17.7. The van der Waals surface area contributed by atoms with Crippen LogP contribution >= 0.6 is 0 Å². The maximum absolute atomic E-state index is 13.0. The van der Waals surface area contributed by atoms with Crippen molar-refractivity contribution in [3.63, 3.8) is 0 Å². The molecular weight excluding hydrogens is 328 g/mol. The van der Waals surface area contributed by atoms with Gasteiger partial charge in [0.1, 0.15) is 11.3 Å². The number of fused-ring (bicyclic) bond motifs is 1. The van der Waals surface area contributed by atoms with E-state index in [4.69, 9.17) is 0 Å². The Morgan fingerprint density at radius 3 is 2.42 bits per heavy atom. The molecule has 0 aliphatic heterocycles. The first-order valence-corrected chi connectivity index (χ1v) is 8.70. The smallest absolute Gasteiger partial charge is 0.267 e. The normalized spacial score (nSPS) is 11.0. The van der Waals surface area contributed by atoms with Gasteiger partial charge in [0.2, 0.25) is 0 Å². The highest BCUT2D eigenvalue weighted by molar-refractivity contribution is 6.09. The summed E-state index contributed by atoms with van der Waals surface area (Å²) in [5.41, 5.74) is 0.497. The molecule has 1 heterocycles. The van der Waals surface area contributed by atoms with E-state index in [-0.39, 0.29) is 11.3 Å². The van der Waals surface area contributed by atoms with Crippen molar-refractivity contribution >= 4 is 22.5 Å². The molecule has 2 aromatic carbocycles. The van der Waals surface area contributed by atoms with Crippen molar-refractivity contribution in [1.29, 1.82) is 0 Å². The van der Waals surface area contributed by atoms with E-state index in [1.54, 1.807) is 47.0 Å². The lowest BCUT2D eigenvalue weighted by atomic mass is 10.1. The molecule has 134 valence electrons. The number of benzene rings is 2. The van der Waals surface area contributed by atoms with Crippen molar-refractivity contribution < 1.29 is 9.90 Å². The molecule has 3 rings (SSSR count). The Morgan fingerprint density at radius 1 is 1.08 bits per heavy atom. The van der Waals surface area contributed by atoms with Crippen LogP contribution in [-0.2, 0) is 6.54 Å². The van der Waals surface area contributed by atoms with E-state index >= 15 is 0 Å². The minimum Gasteiger partial charge on any atom is -0.506 e. The Balaban J connectivity index is 2.12. The Kier molecular flexibility index (Phi) is 5.07. The number of carbonyl (C=O) groups is 1. The number of nitrogens with zero attached hydrogens (tertiary/aromatic N) is 1. The van der Waals surface area contributed by atoms with Crippen LogP contribution in [-0.4, -0.2) is 15.6 Å². The lowest BCUT2D eigenvalue weighted by molar-refractivity contribution is 0.102. The van der Waals surface area contributed by atoms with Crippen LogP contribution in [0.3, 0.4) is 0 Å². The minimum atomic E-state index is -0.609. The molecule has 1 aromatic heterocycles. The van der Waals surface area contributed by atoms with Gasteiger partial charge in [-0.25, -0.2) is 0 Å². The second-order valence-electron chi connectivity index (χ2n) is 6.70. The summed E-state index contributed by atoms with van der Waals surface area (Å²) in [6, 6.07) is 16.0. The number of aryl methyl sites for hydroxylation is 1. The Bertz CT molecular complexity index is 991. The summed E-state index contributed by atoms with van der Waals surface area (Å²) in [6.07, 6.45) is 0.800. The first-order chi connectivity index (χ1) is 12.5. The van der Waals surface area contributed by atoms with Gasteiger partial charge < -0.3 is 15.0 Å². The van der Waals surface area contributed by atoms with E-state index in [2.05, 4.69) is 19.2 Å². The summed E-state index contributed by atoms with van der Waals surface area (Å²) in [6.45, 7) is 4.65. The number of hydrogen-bond donors (Lipinski definition) is 2. The average molecular weight is 350 g/mol. The van der Waals surface area contributed by atoms with Crippen LogP contribution in [0.5, 0.6) is 5.75 Å². The lowest BCUT2D eigenvalue weighted by Crippen LogP contribution is -2.30. The molecule has 0 aliphatic rings. The largest absolute Gasteiger partial charge is 0.506 e. The molecule has 0 unspecified atom stereocenters. The number of anilines is 1. The van der Waals surface area contributed by atoms with Crippen molar-refractivity contribution in [2.45, 2.75) is 26.8 Å². The summed E-state index contributed by atoms with van der Waals surface area (Å²) in [5.74, 6) is -0.473. The summed E-state index contributed by atoms with van der Waals surface area (Å²) >= 11 is 0. The van der Waals surface area contributed by atoms with E-state index in [9.17, 15) is 14.7 Å². The SMILES string of the molecule is CC(C)CCn1c(=O)c(C(=O)Nc2ccccc2)c(O)c2ccccc21. The summed E-state index contributed by atoms with van der Waals surface area (Å²) < 4.78 is 1.58. The molecule has 0 atom stereocenters. The predicted octanol–water partition coefficient (Wildman–Crippen LogP) is 4.01. The zero-order chi connectivity index (χ0) is 18.7. The number of nitrogens with one attached hydrogen (secondary N) is 1. The van der Waals surface area contributed by atoms with Crippen LogP contribution in [0.1, 0.15) is 30.6 Å². The minimum absolute atomic E-state index is 0.226. The molecule has 0 aliphatic carbocycles. The van der Waals surface area contributed by atoms with Crippen LogP contribution in [0.25, 0.3) is 10.9 Å². The highest BCUT2D eigenvalue weighted by Crippen LogP contribution is 2.27. The number of hydrogen-bond acceptors (Lipinski definition) is 3. The van der Waals surface area contributed by atoms with Gasteiger partial charge in [0.25, 0.3) is 11.5 Å². The molecule has 1 amide bonds. The molecule has 0 bridgehead atoms. The van der Waals surface area contributed by atoms with Crippen LogP contribution < -0.4 is 10.9 Å². The second-order valence-corrected chi connectivity index (χ2v) is 6.70. The average Bonchev–Trinajstić information content (AvgIpc) is 2.62. The number of amides is 1. The van der Waals surface area contributed by atoms with Crippen LogP contribution in [0, 0.1) is 5.92 Å². The van der Waals surface area contributed by atoms with Crippen molar-refractivity contribution in [2.75, 3.05) is 5.32 Å². The number of para-hydroxylation sites is 2. The number of aromatic nitrogens is 1. The fourth-order valence-corrected chi connectivity index (χ4v) is 2.92. The zero-order valence-corrected chi connectivity index (χ0v) is 14.9.